The maximum absolute atomic E-state index is 13.4. The zero-order chi connectivity index (χ0) is 14.0. The predicted octanol–water partition coefficient (Wildman–Crippen LogP) is 1.51. The van der Waals surface area contributed by atoms with Gasteiger partial charge < -0.3 is 14.7 Å². The second-order valence-electron chi connectivity index (χ2n) is 4.06. The molecule has 1 atom stereocenters. The molecule has 7 heteroatoms. The van der Waals surface area contributed by atoms with Gasteiger partial charge in [0, 0.05) is 12.1 Å². The third-order valence-electron chi connectivity index (χ3n) is 2.84. The van der Waals surface area contributed by atoms with Crippen LogP contribution in [0.4, 0.5) is 4.39 Å². The van der Waals surface area contributed by atoms with Gasteiger partial charge in [0.1, 0.15) is 5.82 Å². The zero-order valence-electron chi connectivity index (χ0n) is 9.81. The predicted molar refractivity (Wildman–Crippen MR) is 67.4 cm³/mol. The molecule has 0 unspecified atom stereocenters. The topological polar surface area (TPSA) is 66.8 Å². The molecule has 1 amide bonds. The molecule has 19 heavy (non-hydrogen) atoms. The van der Waals surface area contributed by atoms with E-state index < -0.39 is 23.7 Å². The Labute approximate surface area is 117 Å². The van der Waals surface area contributed by atoms with Gasteiger partial charge in [-0.1, -0.05) is 0 Å². The molecular formula is C12H11BrFNO4. The Morgan fingerprint density at radius 2 is 2.21 bits per heavy atom. The third kappa shape index (κ3) is 2.93. The highest BCUT2D eigenvalue weighted by Crippen LogP contribution is 2.19. The van der Waals surface area contributed by atoms with Gasteiger partial charge in [0.15, 0.2) is 6.04 Å². The third-order valence-corrected chi connectivity index (χ3v) is 3.48. The van der Waals surface area contributed by atoms with E-state index in [1.807, 2.05) is 0 Å². The number of aliphatic carboxylic acids is 1. The summed E-state index contributed by atoms with van der Waals surface area (Å²) < 4.78 is 18.7. The second kappa shape index (κ2) is 5.66. The lowest BCUT2D eigenvalue weighted by Gasteiger charge is -2.32. The molecule has 1 aromatic carbocycles. The zero-order valence-corrected chi connectivity index (χ0v) is 11.4. The quantitative estimate of drug-likeness (QED) is 0.892. The van der Waals surface area contributed by atoms with E-state index in [1.54, 1.807) is 0 Å². The van der Waals surface area contributed by atoms with Crippen molar-refractivity contribution in [3.63, 3.8) is 0 Å². The number of amides is 1. The van der Waals surface area contributed by atoms with Crippen molar-refractivity contribution in [2.24, 2.45) is 0 Å². The molecule has 0 saturated carbocycles. The summed E-state index contributed by atoms with van der Waals surface area (Å²) in [5.41, 5.74) is 0.119. The van der Waals surface area contributed by atoms with Gasteiger partial charge in [-0.05, 0) is 34.1 Å². The number of carboxylic acids is 1. The minimum atomic E-state index is -1.13. The summed E-state index contributed by atoms with van der Waals surface area (Å²) in [7, 11) is 0. The monoisotopic (exact) mass is 331 g/mol. The first-order valence-corrected chi connectivity index (χ1v) is 6.36. The van der Waals surface area contributed by atoms with E-state index in [1.165, 1.54) is 17.0 Å². The molecule has 0 aromatic heterocycles. The van der Waals surface area contributed by atoms with Crippen molar-refractivity contribution in [3.05, 3.63) is 34.1 Å². The Morgan fingerprint density at radius 3 is 2.84 bits per heavy atom. The van der Waals surface area contributed by atoms with Gasteiger partial charge >= 0.3 is 5.97 Å². The number of morpholine rings is 1. The van der Waals surface area contributed by atoms with Gasteiger partial charge in [0.05, 0.1) is 17.7 Å². The highest BCUT2D eigenvalue weighted by molar-refractivity contribution is 9.10. The molecule has 102 valence electrons. The molecule has 0 spiro atoms. The Hall–Kier alpha value is -1.47. The smallest absolute Gasteiger partial charge is 0.328 e. The van der Waals surface area contributed by atoms with Gasteiger partial charge in [0.25, 0.3) is 5.91 Å². The van der Waals surface area contributed by atoms with Gasteiger partial charge in [-0.15, -0.1) is 0 Å². The molecule has 1 aliphatic rings. The lowest BCUT2D eigenvalue weighted by atomic mass is 10.1. The van der Waals surface area contributed by atoms with Crippen molar-refractivity contribution >= 4 is 27.8 Å². The van der Waals surface area contributed by atoms with E-state index in [0.29, 0.717) is 0 Å². The molecule has 2 rings (SSSR count). The molecular weight excluding hydrogens is 321 g/mol. The van der Waals surface area contributed by atoms with E-state index >= 15 is 0 Å². The Kier molecular flexibility index (Phi) is 4.16. The summed E-state index contributed by atoms with van der Waals surface area (Å²) in [5, 5.41) is 9.05. The van der Waals surface area contributed by atoms with Crippen LogP contribution in [0.3, 0.4) is 0 Å². The summed E-state index contributed by atoms with van der Waals surface area (Å²) in [4.78, 5) is 24.5. The van der Waals surface area contributed by atoms with Gasteiger partial charge in [-0.25, -0.2) is 9.18 Å². The molecule has 0 bridgehead atoms. The van der Waals surface area contributed by atoms with E-state index in [2.05, 4.69) is 15.9 Å². The van der Waals surface area contributed by atoms with Gasteiger partial charge in [-0.3, -0.25) is 4.79 Å². The molecule has 5 nitrogen and oxygen atoms in total. The van der Waals surface area contributed by atoms with Gasteiger partial charge in [-0.2, -0.15) is 0 Å². The molecule has 1 N–H and O–H groups in total. The Balaban J connectivity index is 2.26. The maximum Gasteiger partial charge on any atom is 0.328 e. The Bertz CT molecular complexity index is 522. The van der Waals surface area contributed by atoms with Crippen LogP contribution in [0.15, 0.2) is 22.7 Å². The van der Waals surface area contributed by atoms with E-state index in [9.17, 15) is 14.0 Å². The van der Waals surface area contributed by atoms with Gasteiger partial charge in [0.2, 0.25) is 0 Å². The number of carboxylic acid groups (broad SMARTS) is 1. The minimum Gasteiger partial charge on any atom is -0.480 e. The number of hydrogen-bond acceptors (Lipinski definition) is 3. The van der Waals surface area contributed by atoms with E-state index in [0.717, 1.165) is 6.07 Å². The largest absolute Gasteiger partial charge is 0.480 e. The number of benzene rings is 1. The maximum atomic E-state index is 13.4. The van der Waals surface area contributed by atoms with Crippen LogP contribution in [0.5, 0.6) is 0 Å². The molecule has 0 radical (unpaired) electrons. The molecule has 1 heterocycles. The number of halogens is 2. The normalized spacial score (nSPS) is 19.3. The first-order chi connectivity index (χ1) is 9.00. The molecule has 1 aliphatic heterocycles. The van der Waals surface area contributed by atoms with Crippen molar-refractivity contribution in [2.75, 3.05) is 19.8 Å². The minimum absolute atomic E-state index is 0.0555. The summed E-state index contributed by atoms with van der Waals surface area (Å²) in [6.45, 7) is 0.391. The van der Waals surface area contributed by atoms with Crippen LogP contribution in [0.1, 0.15) is 10.4 Å². The fourth-order valence-corrected chi connectivity index (χ4v) is 2.09. The fourth-order valence-electron chi connectivity index (χ4n) is 1.85. The molecule has 1 aromatic rings. The van der Waals surface area contributed by atoms with Crippen molar-refractivity contribution in [2.45, 2.75) is 6.04 Å². The first-order valence-electron chi connectivity index (χ1n) is 5.57. The summed E-state index contributed by atoms with van der Waals surface area (Å²) in [6.07, 6.45) is 0. The van der Waals surface area contributed by atoms with Crippen molar-refractivity contribution in [3.8, 4) is 0 Å². The summed E-state index contributed by atoms with van der Waals surface area (Å²) >= 11 is 3.00. The summed E-state index contributed by atoms with van der Waals surface area (Å²) in [6, 6.07) is 2.91. The van der Waals surface area contributed by atoms with Crippen LogP contribution in [0, 0.1) is 5.82 Å². The van der Waals surface area contributed by atoms with Crippen LogP contribution < -0.4 is 0 Å². The number of ether oxygens (including phenoxy) is 1. The average molecular weight is 332 g/mol. The van der Waals surface area contributed by atoms with Crippen molar-refractivity contribution in [1.29, 1.82) is 0 Å². The lowest BCUT2D eigenvalue weighted by molar-refractivity contribution is -0.147. The lowest BCUT2D eigenvalue weighted by Crippen LogP contribution is -2.52. The number of carbonyl (C=O) groups is 2. The molecule has 1 saturated heterocycles. The summed E-state index contributed by atoms with van der Waals surface area (Å²) in [5.74, 6) is -2.21. The first kappa shape index (κ1) is 14.0. The highest BCUT2D eigenvalue weighted by atomic mass is 79.9. The van der Waals surface area contributed by atoms with Crippen LogP contribution in [0.2, 0.25) is 0 Å². The van der Waals surface area contributed by atoms with Crippen LogP contribution in [-0.4, -0.2) is 47.7 Å². The Morgan fingerprint density at radius 1 is 1.47 bits per heavy atom. The van der Waals surface area contributed by atoms with Crippen LogP contribution in [-0.2, 0) is 9.53 Å². The molecule has 0 aliphatic carbocycles. The second-order valence-corrected chi connectivity index (χ2v) is 4.91. The fraction of sp³-hybridized carbons (Fsp3) is 0.333. The number of nitrogens with zero attached hydrogens (tertiary/aromatic N) is 1. The SMILES string of the molecule is O=C(O)[C@H]1COCCN1C(=O)c1ccc(Br)c(F)c1. The number of carbonyl (C=O) groups excluding carboxylic acids is 1. The molecule has 1 fully saturated rings. The number of rotatable bonds is 2. The highest BCUT2D eigenvalue weighted by Gasteiger charge is 2.33. The average Bonchev–Trinajstić information content (AvgIpc) is 2.41. The van der Waals surface area contributed by atoms with Crippen LogP contribution in [0.25, 0.3) is 0 Å². The van der Waals surface area contributed by atoms with E-state index in [4.69, 9.17) is 9.84 Å². The standard InChI is InChI=1S/C12H11BrFNO4/c13-8-2-1-7(5-9(8)14)11(16)15-3-4-19-6-10(15)12(17)18/h1-2,5,10H,3-4,6H2,(H,17,18)/t10-/m1/s1. The number of hydrogen-bond donors (Lipinski definition) is 1. The van der Waals surface area contributed by atoms with Crippen LogP contribution >= 0.6 is 15.9 Å². The van der Waals surface area contributed by atoms with E-state index in [-0.39, 0.29) is 29.8 Å². The van der Waals surface area contributed by atoms with Crippen molar-refractivity contribution < 1.29 is 23.8 Å². The van der Waals surface area contributed by atoms with Crippen molar-refractivity contribution in [1.82, 2.24) is 4.90 Å².